The first-order valence-corrected chi connectivity index (χ1v) is 6.64. The maximum absolute atomic E-state index is 12.1. The molecular weight excluding hydrogens is 252 g/mol. The van der Waals surface area contributed by atoms with Crippen LogP contribution in [0, 0.1) is 0 Å². The van der Waals surface area contributed by atoms with Crippen LogP contribution in [0.15, 0.2) is 48.5 Å². The van der Waals surface area contributed by atoms with Crippen LogP contribution in [0.4, 0.5) is 0 Å². The molecule has 2 aromatic carbocycles. The lowest BCUT2D eigenvalue weighted by atomic mass is 9.85. The number of fused-ring (bicyclic) bond motifs is 1. The quantitative estimate of drug-likeness (QED) is 0.779. The van der Waals surface area contributed by atoms with E-state index in [0.717, 1.165) is 16.9 Å². The van der Waals surface area contributed by atoms with Crippen LogP contribution < -0.4 is 4.74 Å². The van der Waals surface area contributed by atoms with Crippen molar-refractivity contribution >= 4 is 5.97 Å². The third-order valence-corrected chi connectivity index (χ3v) is 3.80. The highest BCUT2D eigenvalue weighted by atomic mass is 16.5. The molecule has 102 valence electrons. The van der Waals surface area contributed by atoms with E-state index in [1.807, 2.05) is 48.5 Å². The van der Waals surface area contributed by atoms with Crippen molar-refractivity contribution in [3.63, 3.8) is 0 Å². The Bertz CT molecular complexity index is 631. The Labute approximate surface area is 118 Å². The van der Waals surface area contributed by atoms with Gasteiger partial charge in [-0.2, -0.15) is 0 Å². The number of esters is 1. The van der Waals surface area contributed by atoms with Gasteiger partial charge < -0.3 is 9.47 Å². The fourth-order valence-corrected chi connectivity index (χ4v) is 2.67. The number of rotatable bonds is 2. The van der Waals surface area contributed by atoms with Gasteiger partial charge in [0.05, 0.1) is 12.7 Å². The second kappa shape index (κ2) is 5.00. The van der Waals surface area contributed by atoms with E-state index < -0.39 is 0 Å². The molecule has 0 aromatic heterocycles. The van der Waals surface area contributed by atoms with Crippen LogP contribution in [0.1, 0.15) is 40.4 Å². The number of carbonyl (C=O) groups excluding carboxylic acids is 1. The maximum Gasteiger partial charge on any atom is 0.339 e. The summed E-state index contributed by atoms with van der Waals surface area (Å²) in [6.45, 7) is 2.08. The van der Waals surface area contributed by atoms with Crippen molar-refractivity contribution < 1.29 is 14.3 Å². The summed E-state index contributed by atoms with van der Waals surface area (Å²) < 4.78 is 10.8. The Balaban J connectivity index is 1.97. The summed E-state index contributed by atoms with van der Waals surface area (Å²) in [6.07, 6.45) is -0.247. The Hall–Kier alpha value is -2.29. The number of cyclic esters (lactones) is 1. The van der Waals surface area contributed by atoms with Gasteiger partial charge in [-0.05, 0) is 29.3 Å². The van der Waals surface area contributed by atoms with Crippen molar-refractivity contribution in [1.82, 2.24) is 0 Å². The van der Waals surface area contributed by atoms with Crippen molar-refractivity contribution in [3.8, 4) is 5.75 Å². The lowest BCUT2D eigenvalue weighted by molar-refractivity contribution is 0.0184. The molecule has 3 rings (SSSR count). The molecule has 2 aromatic rings. The largest absolute Gasteiger partial charge is 0.497 e. The highest BCUT2D eigenvalue weighted by Crippen LogP contribution is 2.40. The summed E-state index contributed by atoms with van der Waals surface area (Å²) in [5.41, 5.74) is 2.70. The Morgan fingerprint density at radius 3 is 2.45 bits per heavy atom. The first kappa shape index (κ1) is 12.7. The topological polar surface area (TPSA) is 35.5 Å². The minimum Gasteiger partial charge on any atom is -0.497 e. The molecule has 2 atom stereocenters. The molecule has 0 N–H and O–H groups in total. The zero-order valence-corrected chi connectivity index (χ0v) is 11.5. The predicted octanol–water partition coefficient (Wildman–Crippen LogP) is 3.71. The van der Waals surface area contributed by atoms with E-state index in [1.54, 1.807) is 7.11 Å². The van der Waals surface area contributed by atoms with Gasteiger partial charge in [0.2, 0.25) is 0 Å². The molecule has 0 unspecified atom stereocenters. The number of benzene rings is 2. The third-order valence-electron chi connectivity index (χ3n) is 3.80. The lowest BCUT2D eigenvalue weighted by Crippen LogP contribution is -2.24. The van der Waals surface area contributed by atoms with Gasteiger partial charge in [-0.1, -0.05) is 37.3 Å². The van der Waals surface area contributed by atoms with E-state index in [2.05, 4.69) is 6.92 Å². The molecule has 0 saturated heterocycles. The van der Waals surface area contributed by atoms with Crippen LogP contribution in [0.2, 0.25) is 0 Å². The number of methoxy groups -OCH3 is 1. The van der Waals surface area contributed by atoms with E-state index in [9.17, 15) is 4.79 Å². The maximum atomic E-state index is 12.1. The monoisotopic (exact) mass is 268 g/mol. The molecule has 0 fully saturated rings. The number of hydrogen-bond acceptors (Lipinski definition) is 3. The minimum atomic E-state index is -0.250. The summed E-state index contributed by atoms with van der Waals surface area (Å²) in [5, 5.41) is 0. The van der Waals surface area contributed by atoms with Crippen LogP contribution in [-0.2, 0) is 4.74 Å². The number of ether oxygens (including phenoxy) is 2. The average Bonchev–Trinajstić information content (AvgIpc) is 2.51. The fourth-order valence-electron chi connectivity index (χ4n) is 2.67. The summed E-state index contributed by atoms with van der Waals surface area (Å²) >= 11 is 0. The molecule has 0 spiro atoms. The number of hydrogen-bond donors (Lipinski definition) is 0. The molecule has 3 heteroatoms. The molecule has 3 nitrogen and oxygen atoms in total. The standard InChI is InChI=1S/C17H16O3/c1-11-14-5-3-4-6-15(14)17(18)20-16(11)12-7-9-13(19-2)10-8-12/h3-11,16H,1-2H3/t11-,16-/m1/s1. The Morgan fingerprint density at radius 1 is 1.05 bits per heavy atom. The molecular formula is C17H16O3. The highest BCUT2D eigenvalue weighted by Gasteiger charge is 2.33. The second-order valence-corrected chi connectivity index (χ2v) is 4.97. The van der Waals surface area contributed by atoms with Gasteiger partial charge in [0.1, 0.15) is 11.9 Å². The summed E-state index contributed by atoms with van der Waals surface area (Å²) in [5.74, 6) is 0.681. The molecule has 0 bridgehead atoms. The van der Waals surface area contributed by atoms with Crippen LogP contribution in [0.3, 0.4) is 0 Å². The molecule has 0 saturated carbocycles. The summed E-state index contributed by atoms with van der Waals surface area (Å²) in [7, 11) is 1.63. The van der Waals surface area contributed by atoms with Gasteiger partial charge in [-0.3, -0.25) is 0 Å². The Kier molecular flexibility index (Phi) is 3.18. The first-order chi connectivity index (χ1) is 9.70. The van der Waals surface area contributed by atoms with Gasteiger partial charge in [-0.25, -0.2) is 4.79 Å². The van der Waals surface area contributed by atoms with E-state index in [-0.39, 0.29) is 18.0 Å². The van der Waals surface area contributed by atoms with Gasteiger partial charge >= 0.3 is 5.97 Å². The summed E-state index contributed by atoms with van der Waals surface area (Å²) in [4.78, 5) is 12.1. The molecule has 0 amide bonds. The van der Waals surface area contributed by atoms with Gasteiger partial charge in [0.25, 0.3) is 0 Å². The minimum absolute atomic E-state index is 0.136. The zero-order chi connectivity index (χ0) is 14.1. The predicted molar refractivity (Wildman–Crippen MR) is 76.0 cm³/mol. The average molecular weight is 268 g/mol. The Morgan fingerprint density at radius 2 is 1.75 bits per heavy atom. The second-order valence-electron chi connectivity index (χ2n) is 4.97. The molecule has 1 heterocycles. The van der Waals surface area contributed by atoms with Gasteiger partial charge in [0.15, 0.2) is 0 Å². The van der Waals surface area contributed by atoms with Crippen molar-refractivity contribution in [2.24, 2.45) is 0 Å². The van der Waals surface area contributed by atoms with Crippen molar-refractivity contribution in [3.05, 3.63) is 65.2 Å². The van der Waals surface area contributed by atoms with E-state index in [1.165, 1.54) is 0 Å². The van der Waals surface area contributed by atoms with Crippen LogP contribution in [0.25, 0.3) is 0 Å². The normalized spacial score (nSPS) is 21.0. The third kappa shape index (κ3) is 2.05. The summed E-state index contributed by atoms with van der Waals surface area (Å²) in [6, 6.07) is 15.3. The smallest absolute Gasteiger partial charge is 0.339 e. The molecule has 20 heavy (non-hydrogen) atoms. The number of carbonyl (C=O) groups is 1. The highest BCUT2D eigenvalue weighted by molar-refractivity contribution is 5.92. The molecule has 0 aliphatic carbocycles. The van der Waals surface area contributed by atoms with Crippen LogP contribution in [-0.4, -0.2) is 13.1 Å². The van der Waals surface area contributed by atoms with Crippen LogP contribution >= 0.6 is 0 Å². The van der Waals surface area contributed by atoms with Crippen molar-refractivity contribution in [1.29, 1.82) is 0 Å². The zero-order valence-electron chi connectivity index (χ0n) is 11.5. The van der Waals surface area contributed by atoms with E-state index in [4.69, 9.17) is 9.47 Å². The fraction of sp³-hybridized carbons (Fsp3) is 0.235. The SMILES string of the molecule is COc1ccc([C@@H]2OC(=O)c3ccccc3[C@H]2C)cc1. The van der Waals surface area contributed by atoms with Crippen LogP contribution in [0.5, 0.6) is 5.75 Å². The first-order valence-electron chi connectivity index (χ1n) is 6.64. The molecule has 0 radical (unpaired) electrons. The van der Waals surface area contributed by atoms with Crippen molar-refractivity contribution in [2.75, 3.05) is 7.11 Å². The van der Waals surface area contributed by atoms with E-state index >= 15 is 0 Å². The molecule has 1 aliphatic rings. The van der Waals surface area contributed by atoms with Gasteiger partial charge in [0, 0.05) is 5.92 Å². The van der Waals surface area contributed by atoms with Gasteiger partial charge in [-0.15, -0.1) is 0 Å². The van der Waals surface area contributed by atoms with E-state index in [0.29, 0.717) is 5.56 Å². The lowest BCUT2D eigenvalue weighted by Gasteiger charge is -2.31. The molecule has 1 aliphatic heterocycles. The van der Waals surface area contributed by atoms with Crippen molar-refractivity contribution in [2.45, 2.75) is 18.9 Å².